The average molecular weight is 327 g/mol. The SMILES string of the molecule is Cc1cnccc1NC(=O)[C@H]1CC(=O)N(C)[C@@H]1c1cnn(C)c1C. The molecule has 0 unspecified atom stereocenters. The number of hydrogen-bond acceptors (Lipinski definition) is 4. The molecule has 126 valence electrons. The Labute approximate surface area is 140 Å². The molecule has 2 aromatic rings. The molecule has 3 rings (SSSR count). The van der Waals surface area contributed by atoms with Crippen molar-refractivity contribution in [2.75, 3.05) is 12.4 Å². The highest BCUT2D eigenvalue weighted by atomic mass is 16.2. The second-order valence-electron chi connectivity index (χ2n) is 6.25. The molecule has 1 aliphatic heterocycles. The first-order chi connectivity index (χ1) is 11.4. The van der Waals surface area contributed by atoms with Gasteiger partial charge in [-0.3, -0.25) is 19.3 Å². The van der Waals surface area contributed by atoms with Gasteiger partial charge in [-0.25, -0.2) is 0 Å². The fourth-order valence-corrected chi connectivity index (χ4v) is 3.18. The summed E-state index contributed by atoms with van der Waals surface area (Å²) >= 11 is 0. The lowest BCUT2D eigenvalue weighted by molar-refractivity contribution is -0.127. The Morgan fingerprint density at radius 2 is 2.04 bits per heavy atom. The summed E-state index contributed by atoms with van der Waals surface area (Å²) in [5.41, 5.74) is 3.48. The third-order valence-corrected chi connectivity index (χ3v) is 4.79. The van der Waals surface area contributed by atoms with Crippen LogP contribution in [-0.2, 0) is 16.6 Å². The number of pyridine rings is 1. The second kappa shape index (κ2) is 6.07. The first-order valence-corrected chi connectivity index (χ1v) is 7.85. The average Bonchev–Trinajstić information content (AvgIpc) is 3.03. The van der Waals surface area contributed by atoms with Gasteiger partial charge in [-0.15, -0.1) is 0 Å². The van der Waals surface area contributed by atoms with Crippen molar-refractivity contribution in [3.63, 3.8) is 0 Å². The number of carbonyl (C=O) groups excluding carboxylic acids is 2. The maximum absolute atomic E-state index is 12.8. The molecular weight excluding hydrogens is 306 g/mol. The van der Waals surface area contributed by atoms with Gasteiger partial charge in [0.25, 0.3) is 0 Å². The highest BCUT2D eigenvalue weighted by Gasteiger charge is 2.44. The molecular formula is C17H21N5O2. The van der Waals surface area contributed by atoms with Crippen LogP contribution in [-0.4, -0.2) is 38.5 Å². The van der Waals surface area contributed by atoms with Gasteiger partial charge in [0.15, 0.2) is 0 Å². The van der Waals surface area contributed by atoms with E-state index in [1.54, 1.807) is 41.3 Å². The van der Waals surface area contributed by atoms with E-state index >= 15 is 0 Å². The minimum atomic E-state index is -0.446. The first kappa shape index (κ1) is 16.2. The maximum atomic E-state index is 12.8. The molecule has 7 heteroatoms. The van der Waals surface area contributed by atoms with Gasteiger partial charge in [0, 0.05) is 49.9 Å². The highest BCUT2D eigenvalue weighted by Crippen LogP contribution is 2.38. The van der Waals surface area contributed by atoms with Gasteiger partial charge < -0.3 is 10.2 Å². The van der Waals surface area contributed by atoms with Crippen molar-refractivity contribution in [3.8, 4) is 0 Å². The van der Waals surface area contributed by atoms with Gasteiger partial charge in [-0.1, -0.05) is 0 Å². The molecule has 0 radical (unpaired) electrons. The number of likely N-dealkylation sites (tertiary alicyclic amines) is 1. The van der Waals surface area contributed by atoms with Crippen LogP contribution in [0.25, 0.3) is 0 Å². The third kappa shape index (κ3) is 2.66. The standard InChI is InChI=1S/C17H21N5O2/c1-10-8-18-6-5-14(10)20-17(24)12-7-15(23)21(3)16(12)13-9-19-22(4)11(13)2/h5-6,8-9,12,16H,7H2,1-4H3,(H,18,20,24)/t12-,16-/m0/s1. The predicted molar refractivity (Wildman–Crippen MR) is 89.2 cm³/mol. The van der Waals surface area contributed by atoms with Crippen molar-refractivity contribution in [2.24, 2.45) is 13.0 Å². The molecule has 1 fully saturated rings. The van der Waals surface area contributed by atoms with E-state index in [2.05, 4.69) is 15.4 Å². The van der Waals surface area contributed by atoms with Crippen molar-refractivity contribution >= 4 is 17.5 Å². The molecule has 2 aromatic heterocycles. The molecule has 24 heavy (non-hydrogen) atoms. The number of amides is 2. The van der Waals surface area contributed by atoms with Crippen LogP contribution >= 0.6 is 0 Å². The minimum Gasteiger partial charge on any atom is -0.338 e. The summed E-state index contributed by atoms with van der Waals surface area (Å²) in [6.45, 7) is 3.83. The number of nitrogens with one attached hydrogen (secondary N) is 1. The fraction of sp³-hybridized carbons (Fsp3) is 0.412. The molecule has 1 saturated heterocycles. The molecule has 1 N–H and O–H groups in total. The van der Waals surface area contributed by atoms with E-state index < -0.39 is 5.92 Å². The van der Waals surface area contributed by atoms with Gasteiger partial charge in [0.1, 0.15) is 0 Å². The summed E-state index contributed by atoms with van der Waals surface area (Å²) in [5, 5.41) is 7.19. The molecule has 2 amide bonds. The normalized spacial score (nSPS) is 20.5. The Balaban J connectivity index is 1.90. The maximum Gasteiger partial charge on any atom is 0.230 e. The molecule has 7 nitrogen and oxygen atoms in total. The number of nitrogens with zero attached hydrogens (tertiary/aromatic N) is 4. The minimum absolute atomic E-state index is 0.0325. The van der Waals surface area contributed by atoms with Crippen molar-refractivity contribution < 1.29 is 9.59 Å². The van der Waals surface area contributed by atoms with Gasteiger partial charge >= 0.3 is 0 Å². The Kier molecular flexibility index (Phi) is 4.09. The van der Waals surface area contributed by atoms with E-state index in [4.69, 9.17) is 0 Å². The van der Waals surface area contributed by atoms with E-state index in [9.17, 15) is 9.59 Å². The van der Waals surface area contributed by atoms with Crippen LogP contribution in [0, 0.1) is 19.8 Å². The van der Waals surface area contributed by atoms with Crippen LogP contribution in [0.2, 0.25) is 0 Å². The molecule has 3 heterocycles. The van der Waals surface area contributed by atoms with Crippen LogP contribution in [0.5, 0.6) is 0 Å². The lowest BCUT2D eigenvalue weighted by atomic mass is 9.93. The Hall–Kier alpha value is -2.70. The van der Waals surface area contributed by atoms with Crippen molar-refractivity contribution in [1.29, 1.82) is 0 Å². The summed E-state index contributed by atoms with van der Waals surface area (Å²) in [5.74, 6) is -0.636. The summed E-state index contributed by atoms with van der Waals surface area (Å²) in [6, 6.07) is 1.46. The number of hydrogen-bond donors (Lipinski definition) is 1. The van der Waals surface area contributed by atoms with Crippen molar-refractivity contribution in [1.82, 2.24) is 19.7 Å². The van der Waals surface area contributed by atoms with Gasteiger partial charge in [-0.05, 0) is 25.5 Å². The number of anilines is 1. The van der Waals surface area contributed by atoms with Gasteiger partial charge in [0.2, 0.25) is 11.8 Å². The molecule has 2 atom stereocenters. The topological polar surface area (TPSA) is 80.1 Å². The molecule has 1 aliphatic rings. The summed E-state index contributed by atoms with van der Waals surface area (Å²) in [6.07, 6.45) is 5.28. The van der Waals surface area contributed by atoms with E-state index in [1.807, 2.05) is 20.9 Å². The smallest absolute Gasteiger partial charge is 0.230 e. The summed E-state index contributed by atoms with van der Waals surface area (Å²) in [4.78, 5) is 30.7. The predicted octanol–water partition coefficient (Wildman–Crippen LogP) is 1.59. The number of aromatic nitrogens is 3. The Morgan fingerprint density at radius 3 is 2.67 bits per heavy atom. The van der Waals surface area contributed by atoms with Crippen LogP contribution in [0.4, 0.5) is 5.69 Å². The monoisotopic (exact) mass is 327 g/mol. The van der Waals surface area contributed by atoms with E-state index in [0.717, 1.165) is 22.5 Å². The Bertz CT molecular complexity index is 798. The molecule has 0 spiro atoms. The summed E-state index contributed by atoms with van der Waals surface area (Å²) in [7, 11) is 3.59. The number of rotatable bonds is 3. The number of aryl methyl sites for hydroxylation is 2. The second-order valence-corrected chi connectivity index (χ2v) is 6.25. The van der Waals surface area contributed by atoms with Crippen LogP contribution in [0.3, 0.4) is 0 Å². The van der Waals surface area contributed by atoms with Gasteiger partial charge in [-0.2, -0.15) is 5.10 Å². The molecule has 0 saturated carbocycles. The van der Waals surface area contributed by atoms with Crippen LogP contribution in [0.15, 0.2) is 24.7 Å². The number of carbonyl (C=O) groups is 2. The largest absolute Gasteiger partial charge is 0.338 e. The zero-order valence-electron chi connectivity index (χ0n) is 14.3. The molecule has 0 aliphatic carbocycles. The fourth-order valence-electron chi connectivity index (χ4n) is 3.18. The Morgan fingerprint density at radius 1 is 1.29 bits per heavy atom. The van der Waals surface area contributed by atoms with Crippen LogP contribution < -0.4 is 5.32 Å². The third-order valence-electron chi connectivity index (χ3n) is 4.79. The lowest BCUT2D eigenvalue weighted by Gasteiger charge is -2.24. The molecule has 0 bridgehead atoms. The van der Waals surface area contributed by atoms with E-state index in [0.29, 0.717) is 0 Å². The summed E-state index contributed by atoms with van der Waals surface area (Å²) < 4.78 is 1.76. The lowest BCUT2D eigenvalue weighted by Crippen LogP contribution is -2.30. The van der Waals surface area contributed by atoms with Crippen molar-refractivity contribution in [2.45, 2.75) is 26.3 Å². The van der Waals surface area contributed by atoms with Gasteiger partial charge in [0.05, 0.1) is 18.2 Å². The zero-order chi connectivity index (χ0) is 17.4. The molecule has 0 aromatic carbocycles. The first-order valence-electron chi connectivity index (χ1n) is 7.85. The van der Waals surface area contributed by atoms with Crippen molar-refractivity contribution in [3.05, 3.63) is 41.5 Å². The van der Waals surface area contributed by atoms with Crippen LogP contribution in [0.1, 0.15) is 29.3 Å². The quantitative estimate of drug-likeness (QED) is 0.928. The zero-order valence-corrected chi connectivity index (χ0v) is 14.3. The van der Waals surface area contributed by atoms with E-state index in [-0.39, 0.29) is 24.3 Å². The highest BCUT2D eigenvalue weighted by molar-refractivity contribution is 5.98. The van der Waals surface area contributed by atoms with E-state index in [1.165, 1.54) is 0 Å².